The molecular weight excluding hydrogens is 371 g/mol. The van der Waals surface area contributed by atoms with Crippen LogP contribution in [0.2, 0.25) is 10.0 Å². The number of halogens is 2. The van der Waals surface area contributed by atoms with Gasteiger partial charge >= 0.3 is 0 Å². The van der Waals surface area contributed by atoms with Crippen LogP contribution in [0.3, 0.4) is 0 Å². The van der Waals surface area contributed by atoms with E-state index in [1.165, 1.54) is 43.7 Å². The fourth-order valence-electron chi connectivity index (χ4n) is 2.79. The second-order valence-electron chi connectivity index (χ2n) is 6.16. The number of carbonyl (C=O) groups is 1. The SMILES string of the molecule is O=C(Nc1cc(Cl)ccc1Cl)c1cnc(NCCC2=CCCCC2)nc1. The summed E-state index contributed by atoms with van der Waals surface area (Å²) in [6.07, 6.45) is 11.3. The monoisotopic (exact) mass is 390 g/mol. The van der Waals surface area contributed by atoms with Crippen molar-refractivity contribution in [3.05, 3.63) is 57.9 Å². The number of hydrogen-bond acceptors (Lipinski definition) is 4. The zero-order chi connectivity index (χ0) is 18.4. The van der Waals surface area contributed by atoms with Gasteiger partial charge in [-0.15, -0.1) is 0 Å². The lowest BCUT2D eigenvalue weighted by Crippen LogP contribution is -2.14. The number of hydrogen-bond donors (Lipinski definition) is 2. The summed E-state index contributed by atoms with van der Waals surface area (Å²) < 4.78 is 0. The largest absolute Gasteiger partial charge is 0.354 e. The molecule has 136 valence electrons. The minimum absolute atomic E-state index is 0.340. The van der Waals surface area contributed by atoms with E-state index in [1.807, 2.05) is 0 Å². The predicted octanol–water partition coefficient (Wildman–Crippen LogP) is 5.34. The molecule has 2 N–H and O–H groups in total. The van der Waals surface area contributed by atoms with E-state index >= 15 is 0 Å². The van der Waals surface area contributed by atoms with E-state index in [9.17, 15) is 4.79 Å². The number of aromatic nitrogens is 2. The van der Waals surface area contributed by atoms with Gasteiger partial charge in [0.2, 0.25) is 5.95 Å². The Morgan fingerprint density at radius 3 is 2.69 bits per heavy atom. The number of allylic oxidation sites excluding steroid dienone is 1. The van der Waals surface area contributed by atoms with E-state index in [-0.39, 0.29) is 5.91 Å². The molecule has 0 radical (unpaired) electrons. The Bertz CT molecular complexity index is 806. The highest BCUT2D eigenvalue weighted by Crippen LogP contribution is 2.26. The van der Waals surface area contributed by atoms with Gasteiger partial charge in [0.25, 0.3) is 5.91 Å². The molecule has 0 aliphatic heterocycles. The van der Waals surface area contributed by atoms with Gasteiger partial charge in [0.05, 0.1) is 16.3 Å². The highest BCUT2D eigenvalue weighted by Gasteiger charge is 2.10. The first-order valence-electron chi connectivity index (χ1n) is 8.62. The van der Waals surface area contributed by atoms with Gasteiger partial charge in [-0.2, -0.15) is 0 Å². The molecule has 7 heteroatoms. The minimum Gasteiger partial charge on any atom is -0.354 e. The first kappa shape index (κ1) is 18.7. The zero-order valence-corrected chi connectivity index (χ0v) is 15.8. The maximum Gasteiger partial charge on any atom is 0.258 e. The summed E-state index contributed by atoms with van der Waals surface area (Å²) in [5.41, 5.74) is 2.30. The maximum atomic E-state index is 12.3. The van der Waals surface area contributed by atoms with Crippen molar-refractivity contribution in [1.29, 1.82) is 0 Å². The molecule has 1 aromatic carbocycles. The molecule has 1 amide bonds. The average Bonchev–Trinajstić information content (AvgIpc) is 2.66. The molecule has 0 fully saturated rings. The first-order valence-corrected chi connectivity index (χ1v) is 9.37. The third-order valence-electron chi connectivity index (χ3n) is 4.20. The molecule has 5 nitrogen and oxygen atoms in total. The van der Waals surface area contributed by atoms with E-state index in [2.05, 4.69) is 26.7 Å². The van der Waals surface area contributed by atoms with Crippen molar-refractivity contribution in [2.24, 2.45) is 0 Å². The van der Waals surface area contributed by atoms with Crippen LogP contribution in [0.5, 0.6) is 0 Å². The van der Waals surface area contributed by atoms with E-state index in [0.29, 0.717) is 27.2 Å². The Morgan fingerprint density at radius 2 is 1.96 bits per heavy atom. The van der Waals surface area contributed by atoms with E-state index in [1.54, 1.807) is 18.2 Å². The molecular formula is C19H20Cl2N4O. The molecule has 0 bridgehead atoms. The van der Waals surface area contributed by atoms with Gasteiger partial charge in [0.15, 0.2) is 0 Å². The molecule has 0 unspecified atom stereocenters. The third-order valence-corrected chi connectivity index (χ3v) is 4.77. The van der Waals surface area contributed by atoms with Crippen LogP contribution < -0.4 is 10.6 Å². The standard InChI is InChI=1S/C19H20Cl2N4O/c20-15-6-7-16(21)17(10-15)25-18(26)14-11-23-19(24-12-14)22-9-8-13-4-2-1-3-5-13/h4,6-7,10-12H,1-3,5,8-9H2,(H,25,26)(H,22,23,24). The van der Waals surface area contributed by atoms with Crippen molar-refractivity contribution in [2.45, 2.75) is 32.1 Å². The summed E-state index contributed by atoms with van der Waals surface area (Å²) in [6.45, 7) is 0.787. The lowest BCUT2D eigenvalue weighted by molar-refractivity contribution is 0.102. The molecule has 2 aromatic rings. The molecule has 0 spiro atoms. The predicted molar refractivity (Wildman–Crippen MR) is 106 cm³/mol. The number of nitrogens with zero attached hydrogens (tertiary/aromatic N) is 2. The molecule has 3 rings (SSSR count). The van der Waals surface area contributed by atoms with Crippen LogP contribution in [0.1, 0.15) is 42.5 Å². The van der Waals surface area contributed by atoms with Crippen LogP contribution >= 0.6 is 23.2 Å². The van der Waals surface area contributed by atoms with Gasteiger partial charge in [0.1, 0.15) is 0 Å². The van der Waals surface area contributed by atoms with Crippen LogP contribution in [0, 0.1) is 0 Å². The fraction of sp³-hybridized carbons (Fsp3) is 0.316. The average molecular weight is 391 g/mol. The van der Waals surface area contributed by atoms with Gasteiger partial charge in [-0.1, -0.05) is 34.9 Å². The summed E-state index contributed by atoms with van der Waals surface area (Å²) >= 11 is 12.0. The quantitative estimate of drug-likeness (QED) is 0.653. The Kier molecular flexibility index (Phi) is 6.47. The number of carbonyl (C=O) groups excluding carboxylic acids is 1. The van der Waals surface area contributed by atoms with Crippen molar-refractivity contribution < 1.29 is 4.79 Å². The Balaban J connectivity index is 1.54. The second kappa shape index (κ2) is 9.01. The first-order chi connectivity index (χ1) is 12.6. The lowest BCUT2D eigenvalue weighted by atomic mass is 9.97. The van der Waals surface area contributed by atoms with E-state index in [0.717, 1.165) is 13.0 Å². The van der Waals surface area contributed by atoms with E-state index in [4.69, 9.17) is 23.2 Å². The molecule has 1 heterocycles. The molecule has 0 saturated carbocycles. The van der Waals surface area contributed by atoms with Crippen LogP contribution in [-0.2, 0) is 0 Å². The van der Waals surface area contributed by atoms with Crippen molar-refractivity contribution in [3.8, 4) is 0 Å². The van der Waals surface area contributed by atoms with Crippen molar-refractivity contribution in [1.82, 2.24) is 9.97 Å². The highest BCUT2D eigenvalue weighted by molar-refractivity contribution is 6.35. The molecule has 1 aromatic heterocycles. The second-order valence-corrected chi connectivity index (χ2v) is 7.00. The van der Waals surface area contributed by atoms with Crippen molar-refractivity contribution in [2.75, 3.05) is 17.2 Å². The zero-order valence-electron chi connectivity index (χ0n) is 14.3. The van der Waals surface area contributed by atoms with Crippen molar-refractivity contribution >= 4 is 40.7 Å². The molecule has 1 aliphatic carbocycles. The van der Waals surface area contributed by atoms with Crippen LogP contribution in [0.15, 0.2) is 42.2 Å². The molecule has 1 aliphatic rings. The molecule has 0 atom stereocenters. The Hall–Kier alpha value is -2.11. The number of benzene rings is 1. The maximum absolute atomic E-state index is 12.3. The van der Waals surface area contributed by atoms with Crippen LogP contribution in [0.4, 0.5) is 11.6 Å². The summed E-state index contributed by atoms with van der Waals surface area (Å²) in [4.78, 5) is 20.7. The van der Waals surface area contributed by atoms with Gasteiger partial charge in [-0.3, -0.25) is 4.79 Å². The van der Waals surface area contributed by atoms with E-state index < -0.39 is 0 Å². The third kappa shape index (κ3) is 5.19. The number of anilines is 2. The van der Waals surface area contributed by atoms with Gasteiger partial charge < -0.3 is 10.6 Å². The summed E-state index contributed by atoms with van der Waals surface area (Å²) in [5.74, 6) is 0.173. The van der Waals surface area contributed by atoms with Crippen LogP contribution in [0.25, 0.3) is 0 Å². The number of nitrogens with one attached hydrogen (secondary N) is 2. The van der Waals surface area contributed by atoms with Gasteiger partial charge in [-0.25, -0.2) is 9.97 Å². The number of rotatable bonds is 6. The fourth-order valence-corrected chi connectivity index (χ4v) is 3.13. The van der Waals surface area contributed by atoms with Crippen molar-refractivity contribution in [3.63, 3.8) is 0 Å². The summed E-state index contributed by atoms with van der Waals surface area (Å²) in [6, 6.07) is 4.88. The Labute approximate surface area is 162 Å². The summed E-state index contributed by atoms with van der Waals surface area (Å²) in [5, 5.41) is 6.81. The molecule has 26 heavy (non-hydrogen) atoms. The normalized spacial score (nSPS) is 13.8. The highest BCUT2D eigenvalue weighted by atomic mass is 35.5. The van der Waals surface area contributed by atoms with Gasteiger partial charge in [0, 0.05) is 24.0 Å². The summed E-state index contributed by atoms with van der Waals surface area (Å²) in [7, 11) is 0. The lowest BCUT2D eigenvalue weighted by Gasteiger charge is -2.13. The smallest absolute Gasteiger partial charge is 0.258 e. The molecule has 0 saturated heterocycles. The van der Waals surface area contributed by atoms with Crippen LogP contribution in [-0.4, -0.2) is 22.4 Å². The number of amides is 1. The minimum atomic E-state index is -0.340. The Morgan fingerprint density at radius 1 is 1.15 bits per heavy atom. The van der Waals surface area contributed by atoms with Gasteiger partial charge in [-0.05, 0) is 50.3 Å². The topological polar surface area (TPSA) is 66.9 Å².